The van der Waals surface area contributed by atoms with Gasteiger partial charge < -0.3 is 9.64 Å². The molecule has 1 aromatic carbocycles. The summed E-state index contributed by atoms with van der Waals surface area (Å²) in [5.74, 6) is 1.11. The zero-order valence-corrected chi connectivity index (χ0v) is 13.1. The van der Waals surface area contributed by atoms with Crippen LogP contribution in [-0.2, 0) is 4.79 Å². The molecule has 0 saturated carbocycles. The molecule has 3 nitrogen and oxygen atoms in total. The van der Waals surface area contributed by atoms with Crippen LogP contribution in [0.4, 0.5) is 0 Å². The van der Waals surface area contributed by atoms with Crippen LogP contribution in [0.5, 0.6) is 5.75 Å². The maximum absolute atomic E-state index is 11.8. The molecule has 0 aliphatic heterocycles. The number of carbonyl (C=O) groups is 1. The van der Waals surface area contributed by atoms with E-state index in [0.717, 1.165) is 36.9 Å². The lowest BCUT2D eigenvalue weighted by Crippen LogP contribution is -2.28. The molecule has 0 fully saturated rings. The Hall–Kier alpha value is -1.03. The lowest BCUT2D eigenvalue weighted by Gasteiger charge is -2.17. The van der Waals surface area contributed by atoms with E-state index in [1.54, 1.807) is 4.90 Å². The Morgan fingerprint density at radius 3 is 2.63 bits per heavy atom. The van der Waals surface area contributed by atoms with E-state index in [9.17, 15) is 4.79 Å². The average Bonchev–Trinajstić information content (AvgIpc) is 2.44. The van der Waals surface area contributed by atoms with Gasteiger partial charge in [-0.2, -0.15) is 0 Å². The van der Waals surface area contributed by atoms with Crippen molar-refractivity contribution in [3.63, 3.8) is 0 Å². The number of rotatable bonds is 9. The van der Waals surface area contributed by atoms with Crippen molar-refractivity contribution in [2.45, 2.75) is 25.7 Å². The molecule has 0 bridgehead atoms. The van der Waals surface area contributed by atoms with Crippen molar-refractivity contribution in [1.82, 2.24) is 4.90 Å². The van der Waals surface area contributed by atoms with Gasteiger partial charge >= 0.3 is 0 Å². The van der Waals surface area contributed by atoms with Crippen LogP contribution in [0.15, 0.2) is 30.3 Å². The Bertz CT molecular complexity index is 356. The van der Waals surface area contributed by atoms with Gasteiger partial charge in [-0.05, 0) is 31.4 Å². The number of alkyl halides is 1. The summed E-state index contributed by atoms with van der Waals surface area (Å²) in [6.07, 6.45) is 3.50. The number of unbranched alkanes of at least 4 members (excludes halogenated alkanes) is 1. The molecule has 0 saturated heterocycles. The van der Waals surface area contributed by atoms with E-state index in [2.05, 4.69) is 15.9 Å². The fourth-order valence-electron chi connectivity index (χ4n) is 1.69. The number of benzene rings is 1. The lowest BCUT2D eigenvalue weighted by molar-refractivity contribution is -0.130. The second-order valence-electron chi connectivity index (χ2n) is 4.48. The molecule has 0 radical (unpaired) electrons. The van der Waals surface area contributed by atoms with Gasteiger partial charge in [0.25, 0.3) is 0 Å². The fraction of sp³-hybridized carbons (Fsp3) is 0.533. The third-order valence-electron chi connectivity index (χ3n) is 2.85. The number of carbonyl (C=O) groups excluding carboxylic acids is 1. The summed E-state index contributed by atoms with van der Waals surface area (Å²) >= 11 is 3.37. The zero-order chi connectivity index (χ0) is 13.9. The molecule has 19 heavy (non-hydrogen) atoms. The van der Waals surface area contributed by atoms with Gasteiger partial charge in [-0.15, -0.1) is 0 Å². The second kappa shape index (κ2) is 9.84. The van der Waals surface area contributed by atoms with E-state index >= 15 is 0 Å². The summed E-state index contributed by atoms with van der Waals surface area (Å²) in [7, 11) is 1.86. The molecule has 0 unspecified atom stereocenters. The van der Waals surface area contributed by atoms with Crippen molar-refractivity contribution in [1.29, 1.82) is 0 Å². The predicted octanol–water partition coefficient (Wildman–Crippen LogP) is 3.48. The van der Waals surface area contributed by atoms with E-state index < -0.39 is 0 Å². The van der Waals surface area contributed by atoms with Crippen molar-refractivity contribution in [2.24, 2.45) is 0 Å². The highest BCUT2D eigenvalue weighted by Crippen LogP contribution is 2.08. The Morgan fingerprint density at radius 1 is 1.21 bits per heavy atom. The Balaban J connectivity index is 2.09. The van der Waals surface area contributed by atoms with E-state index in [-0.39, 0.29) is 5.91 Å². The molecule has 106 valence electrons. The molecule has 1 rings (SSSR count). The fourth-order valence-corrected chi connectivity index (χ4v) is 2.09. The van der Waals surface area contributed by atoms with E-state index in [1.807, 2.05) is 37.4 Å². The minimum absolute atomic E-state index is 0.223. The monoisotopic (exact) mass is 327 g/mol. The molecule has 0 heterocycles. The van der Waals surface area contributed by atoms with Crippen LogP contribution in [0.1, 0.15) is 25.7 Å². The Kier molecular flexibility index (Phi) is 8.30. The zero-order valence-electron chi connectivity index (χ0n) is 11.5. The molecule has 0 aromatic heterocycles. The third-order valence-corrected chi connectivity index (χ3v) is 3.41. The first-order chi connectivity index (χ1) is 9.24. The first-order valence-electron chi connectivity index (χ1n) is 6.72. The van der Waals surface area contributed by atoms with Gasteiger partial charge in [-0.25, -0.2) is 0 Å². The van der Waals surface area contributed by atoms with Gasteiger partial charge in [-0.3, -0.25) is 4.79 Å². The standard InChI is InChI=1S/C15H22BrNO2/c1-17(15(18)10-5-6-11-16)12-7-13-19-14-8-3-2-4-9-14/h2-4,8-9H,5-7,10-13H2,1H3. The minimum atomic E-state index is 0.223. The number of halogens is 1. The molecular weight excluding hydrogens is 306 g/mol. The summed E-state index contributed by atoms with van der Waals surface area (Å²) in [5.41, 5.74) is 0. The summed E-state index contributed by atoms with van der Waals surface area (Å²) < 4.78 is 5.59. The van der Waals surface area contributed by atoms with Crippen molar-refractivity contribution in [2.75, 3.05) is 25.5 Å². The van der Waals surface area contributed by atoms with Crippen LogP contribution in [0, 0.1) is 0 Å². The van der Waals surface area contributed by atoms with Crippen molar-refractivity contribution in [3.8, 4) is 5.75 Å². The first-order valence-corrected chi connectivity index (χ1v) is 7.84. The number of hydrogen-bond donors (Lipinski definition) is 0. The SMILES string of the molecule is CN(CCCOc1ccccc1)C(=O)CCCCBr. The van der Waals surface area contributed by atoms with E-state index in [1.165, 1.54) is 0 Å². The van der Waals surface area contributed by atoms with Crippen LogP contribution < -0.4 is 4.74 Å². The number of hydrogen-bond acceptors (Lipinski definition) is 2. The van der Waals surface area contributed by atoms with Gasteiger partial charge in [0.05, 0.1) is 6.61 Å². The molecule has 0 aliphatic rings. The lowest BCUT2D eigenvalue weighted by atomic mass is 10.2. The maximum Gasteiger partial charge on any atom is 0.222 e. The second-order valence-corrected chi connectivity index (χ2v) is 5.27. The molecule has 1 amide bonds. The van der Waals surface area contributed by atoms with Gasteiger partial charge in [0.2, 0.25) is 5.91 Å². The average molecular weight is 328 g/mol. The number of nitrogens with zero attached hydrogens (tertiary/aromatic N) is 1. The van der Waals surface area contributed by atoms with Gasteiger partial charge in [0, 0.05) is 25.3 Å². The van der Waals surface area contributed by atoms with Crippen LogP contribution in [0.2, 0.25) is 0 Å². The van der Waals surface area contributed by atoms with Gasteiger partial charge in [0.15, 0.2) is 0 Å². The Morgan fingerprint density at radius 2 is 1.95 bits per heavy atom. The normalized spacial score (nSPS) is 10.2. The molecule has 0 aliphatic carbocycles. The minimum Gasteiger partial charge on any atom is -0.494 e. The maximum atomic E-state index is 11.8. The number of amides is 1. The quantitative estimate of drug-likeness (QED) is 0.513. The van der Waals surface area contributed by atoms with Crippen LogP contribution in [-0.4, -0.2) is 36.3 Å². The number of ether oxygens (including phenoxy) is 1. The predicted molar refractivity (Wildman–Crippen MR) is 81.8 cm³/mol. The summed E-state index contributed by atoms with van der Waals surface area (Å²) in [6.45, 7) is 1.39. The molecule has 0 spiro atoms. The van der Waals surface area contributed by atoms with E-state index in [0.29, 0.717) is 13.0 Å². The molecule has 4 heteroatoms. The van der Waals surface area contributed by atoms with E-state index in [4.69, 9.17) is 4.74 Å². The largest absolute Gasteiger partial charge is 0.494 e. The number of para-hydroxylation sites is 1. The van der Waals surface area contributed by atoms with Crippen LogP contribution >= 0.6 is 15.9 Å². The smallest absolute Gasteiger partial charge is 0.222 e. The highest BCUT2D eigenvalue weighted by Gasteiger charge is 2.07. The first kappa shape index (κ1) is 16.0. The van der Waals surface area contributed by atoms with Gasteiger partial charge in [0.1, 0.15) is 5.75 Å². The van der Waals surface area contributed by atoms with Crippen molar-refractivity contribution < 1.29 is 9.53 Å². The van der Waals surface area contributed by atoms with Crippen molar-refractivity contribution in [3.05, 3.63) is 30.3 Å². The summed E-state index contributed by atoms with van der Waals surface area (Å²) in [6, 6.07) is 9.75. The third kappa shape index (κ3) is 7.21. The molecule has 0 N–H and O–H groups in total. The van der Waals surface area contributed by atoms with Crippen LogP contribution in [0.25, 0.3) is 0 Å². The highest BCUT2D eigenvalue weighted by molar-refractivity contribution is 9.09. The highest BCUT2D eigenvalue weighted by atomic mass is 79.9. The molecule has 1 aromatic rings. The summed E-state index contributed by atoms with van der Waals surface area (Å²) in [4.78, 5) is 13.5. The molecule has 0 atom stereocenters. The van der Waals surface area contributed by atoms with Crippen molar-refractivity contribution >= 4 is 21.8 Å². The van der Waals surface area contributed by atoms with Crippen LogP contribution in [0.3, 0.4) is 0 Å². The summed E-state index contributed by atoms with van der Waals surface area (Å²) in [5, 5.41) is 0.967. The topological polar surface area (TPSA) is 29.5 Å². The Labute approximate surface area is 124 Å². The molecular formula is C15H22BrNO2. The van der Waals surface area contributed by atoms with Gasteiger partial charge in [-0.1, -0.05) is 34.1 Å².